The Morgan fingerprint density at radius 1 is 1.18 bits per heavy atom. The molecule has 0 bridgehead atoms. The average molecular weight is 240 g/mol. The standard InChI is InChI=1S/C14H18F2O/c1-2-11-7-8-12(14(16)13(11)15)17-9-10-5-3-4-6-10/h7-8,10H,2-6,9H2,1H3. The molecule has 0 amide bonds. The summed E-state index contributed by atoms with van der Waals surface area (Å²) in [5, 5.41) is 0. The Kier molecular flexibility index (Phi) is 3.97. The highest BCUT2D eigenvalue weighted by molar-refractivity contribution is 5.31. The minimum Gasteiger partial charge on any atom is -0.490 e. The summed E-state index contributed by atoms with van der Waals surface area (Å²) < 4.78 is 32.5. The van der Waals surface area contributed by atoms with Crippen molar-refractivity contribution < 1.29 is 13.5 Å². The molecule has 1 aromatic rings. The third-order valence-corrected chi connectivity index (χ3v) is 3.46. The first kappa shape index (κ1) is 12.3. The molecule has 0 N–H and O–H groups in total. The highest BCUT2D eigenvalue weighted by Crippen LogP contribution is 2.28. The van der Waals surface area contributed by atoms with E-state index in [1.54, 1.807) is 13.0 Å². The number of hydrogen-bond acceptors (Lipinski definition) is 1. The predicted molar refractivity (Wildman–Crippen MR) is 63.2 cm³/mol. The molecule has 1 aromatic carbocycles. The lowest BCUT2D eigenvalue weighted by Crippen LogP contribution is -2.09. The maximum absolute atomic E-state index is 13.6. The Bertz CT molecular complexity index is 384. The van der Waals surface area contributed by atoms with Gasteiger partial charge < -0.3 is 4.74 Å². The van der Waals surface area contributed by atoms with Crippen LogP contribution in [-0.4, -0.2) is 6.61 Å². The van der Waals surface area contributed by atoms with E-state index in [9.17, 15) is 8.78 Å². The van der Waals surface area contributed by atoms with Crippen LogP contribution in [0.2, 0.25) is 0 Å². The molecular weight excluding hydrogens is 222 g/mol. The molecule has 1 aliphatic carbocycles. The van der Waals surface area contributed by atoms with Crippen LogP contribution >= 0.6 is 0 Å². The van der Waals surface area contributed by atoms with Crippen molar-refractivity contribution in [2.24, 2.45) is 5.92 Å². The van der Waals surface area contributed by atoms with E-state index in [4.69, 9.17) is 4.74 Å². The fraction of sp³-hybridized carbons (Fsp3) is 0.571. The van der Waals surface area contributed by atoms with Crippen molar-refractivity contribution in [3.05, 3.63) is 29.3 Å². The summed E-state index contributed by atoms with van der Waals surface area (Å²) in [7, 11) is 0. The highest BCUT2D eigenvalue weighted by atomic mass is 19.2. The molecule has 0 radical (unpaired) electrons. The fourth-order valence-electron chi connectivity index (χ4n) is 2.34. The number of ether oxygens (including phenoxy) is 1. The van der Waals surface area contributed by atoms with E-state index in [-0.39, 0.29) is 5.75 Å². The molecule has 0 aromatic heterocycles. The molecule has 0 saturated heterocycles. The molecule has 1 nitrogen and oxygen atoms in total. The quantitative estimate of drug-likeness (QED) is 0.770. The van der Waals surface area contributed by atoms with Gasteiger partial charge in [-0.2, -0.15) is 4.39 Å². The molecule has 0 heterocycles. The van der Waals surface area contributed by atoms with Crippen LogP contribution in [0, 0.1) is 17.6 Å². The maximum atomic E-state index is 13.6. The smallest absolute Gasteiger partial charge is 0.200 e. The summed E-state index contributed by atoms with van der Waals surface area (Å²) in [6, 6.07) is 3.13. The molecule has 1 aliphatic rings. The number of halogens is 2. The van der Waals surface area contributed by atoms with Crippen molar-refractivity contribution in [1.29, 1.82) is 0 Å². The van der Waals surface area contributed by atoms with Gasteiger partial charge in [-0.1, -0.05) is 25.8 Å². The van der Waals surface area contributed by atoms with Crippen molar-refractivity contribution in [3.63, 3.8) is 0 Å². The molecule has 0 aliphatic heterocycles. The van der Waals surface area contributed by atoms with Gasteiger partial charge in [0.25, 0.3) is 0 Å². The fourth-order valence-corrected chi connectivity index (χ4v) is 2.34. The summed E-state index contributed by atoms with van der Waals surface area (Å²) in [5.74, 6) is -1.06. The molecule has 94 valence electrons. The van der Waals surface area contributed by atoms with Crippen molar-refractivity contribution in [3.8, 4) is 5.75 Å². The summed E-state index contributed by atoms with van der Waals surface area (Å²) in [6.07, 6.45) is 5.21. The van der Waals surface area contributed by atoms with Crippen molar-refractivity contribution in [1.82, 2.24) is 0 Å². The lowest BCUT2D eigenvalue weighted by molar-refractivity contribution is 0.238. The minimum absolute atomic E-state index is 0.0478. The van der Waals surface area contributed by atoms with Crippen LogP contribution in [0.25, 0.3) is 0 Å². The van der Waals surface area contributed by atoms with Gasteiger partial charge in [0.2, 0.25) is 5.82 Å². The molecule has 1 saturated carbocycles. The second kappa shape index (κ2) is 5.48. The second-order valence-electron chi connectivity index (χ2n) is 4.67. The largest absolute Gasteiger partial charge is 0.490 e. The van der Waals surface area contributed by atoms with Crippen LogP contribution in [0.1, 0.15) is 38.2 Å². The minimum atomic E-state index is -0.845. The van der Waals surface area contributed by atoms with Gasteiger partial charge in [0.05, 0.1) is 6.61 Å². The predicted octanol–water partition coefficient (Wildman–Crippen LogP) is 4.10. The lowest BCUT2D eigenvalue weighted by Gasteiger charge is -2.13. The first-order chi connectivity index (χ1) is 8.22. The van der Waals surface area contributed by atoms with Crippen molar-refractivity contribution >= 4 is 0 Å². The first-order valence-corrected chi connectivity index (χ1v) is 6.32. The van der Waals surface area contributed by atoms with E-state index in [0.29, 0.717) is 24.5 Å². The highest BCUT2D eigenvalue weighted by Gasteiger charge is 2.18. The van der Waals surface area contributed by atoms with E-state index in [1.165, 1.54) is 18.9 Å². The van der Waals surface area contributed by atoms with Gasteiger partial charge in [-0.25, -0.2) is 4.39 Å². The molecule has 17 heavy (non-hydrogen) atoms. The van der Waals surface area contributed by atoms with Gasteiger partial charge in [0, 0.05) is 0 Å². The van der Waals surface area contributed by atoms with E-state index < -0.39 is 11.6 Å². The molecule has 1 fully saturated rings. The molecule has 2 rings (SSSR count). The zero-order chi connectivity index (χ0) is 12.3. The summed E-state index contributed by atoms with van der Waals surface area (Å²) >= 11 is 0. The van der Waals surface area contributed by atoms with E-state index in [1.807, 2.05) is 0 Å². The Balaban J connectivity index is 2.03. The average Bonchev–Trinajstić information content (AvgIpc) is 2.84. The van der Waals surface area contributed by atoms with Gasteiger partial charge >= 0.3 is 0 Å². The first-order valence-electron chi connectivity index (χ1n) is 6.32. The van der Waals surface area contributed by atoms with Crippen LogP contribution in [-0.2, 0) is 6.42 Å². The van der Waals surface area contributed by atoms with E-state index in [0.717, 1.165) is 12.8 Å². The second-order valence-corrected chi connectivity index (χ2v) is 4.67. The molecule has 0 spiro atoms. The molecule has 3 heteroatoms. The third kappa shape index (κ3) is 2.76. The van der Waals surface area contributed by atoms with Gasteiger partial charge in [0.15, 0.2) is 11.6 Å². The molecule has 0 unspecified atom stereocenters. The van der Waals surface area contributed by atoms with E-state index >= 15 is 0 Å². The van der Waals surface area contributed by atoms with Crippen molar-refractivity contribution in [2.75, 3.05) is 6.61 Å². The number of aryl methyl sites for hydroxylation is 1. The zero-order valence-electron chi connectivity index (χ0n) is 10.1. The molecule has 0 atom stereocenters. The van der Waals surface area contributed by atoms with Crippen LogP contribution < -0.4 is 4.74 Å². The number of hydrogen-bond donors (Lipinski definition) is 0. The Morgan fingerprint density at radius 2 is 1.88 bits per heavy atom. The van der Waals surface area contributed by atoms with Gasteiger partial charge in [-0.05, 0) is 36.8 Å². The van der Waals surface area contributed by atoms with Crippen LogP contribution in [0.15, 0.2) is 12.1 Å². The zero-order valence-corrected chi connectivity index (χ0v) is 10.1. The number of benzene rings is 1. The Hall–Kier alpha value is -1.12. The monoisotopic (exact) mass is 240 g/mol. The SMILES string of the molecule is CCc1ccc(OCC2CCCC2)c(F)c1F. The van der Waals surface area contributed by atoms with Crippen LogP contribution in [0.3, 0.4) is 0 Å². The van der Waals surface area contributed by atoms with Crippen LogP contribution in [0.5, 0.6) is 5.75 Å². The topological polar surface area (TPSA) is 9.23 Å². The third-order valence-electron chi connectivity index (χ3n) is 3.46. The van der Waals surface area contributed by atoms with Crippen LogP contribution in [0.4, 0.5) is 8.78 Å². The van der Waals surface area contributed by atoms with Gasteiger partial charge in [-0.15, -0.1) is 0 Å². The summed E-state index contributed by atoms with van der Waals surface area (Å²) in [6.45, 7) is 2.30. The van der Waals surface area contributed by atoms with Crippen molar-refractivity contribution in [2.45, 2.75) is 39.0 Å². The lowest BCUT2D eigenvalue weighted by atomic mass is 10.1. The summed E-state index contributed by atoms with van der Waals surface area (Å²) in [4.78, 5) is 0. The van der Waals surface area contributed by atoms with Gasteiger partial charge in [-0.3, -0.25) is 0 Å². The Labute approximate surface area is 101 Å². The normalized spacial score (nSPS) is 16.4. The number of rotatable bonds is 4. The summed E-state index contributed by atoms with van der Waals surface area (Å²) in [5.41, 5.74) is 0.399. The molecular formula is C14H18F2O. The Morgan fingerprint density at radius 3 is 2.53 bits per heavy atom. The van der Waals surface area contributed by atoms with E-state index in [2.05, 4.69) is 0 Å². The maximum Gasteiger partial charge on any atom is 0.200 e. The van der Waals surface area contributed by atoms with Gasteiger partial charge in [0.1, 0.15) is 0 Å².